The second-order valence-electron chi connectivity index (χ2n) is 8.61. The van der Waals surface area contributed by atoms with Gasteiger partial charge in [0.1, 0.15) is 12.3 Å². The first kappa shape index (κ1) is 25.3. The lowest BCUT2D eigenvalue weighted by molar-refractivity contribution is -0.140. The lowest BCUT2D eigenvalue weighted by atomic mass is 9.97. The summed E-state index contributed by atoms with van der Waals surface area (Å²) in [6.07, 6.45) is -0.828. The van der Waals surface area contributed by atoms with Crippen molar-refractivity contribution in [1.29, 1.82) is 5.41 Å². The topological polar surface area (TPSA) is 100 Å². The minimum atomic E-state index is -4.69. The maximum absolute atomic E-state index is 13.7. The van der Waals surface area contributed by atoms with Crippen molar-refractivity contribution >= 4 is 12.1 Å². The molecule has 1 aromatic carbocycles. The van der Waals surface area contributed by atoms with Crippen molar-refractivity contribution in [3.05, 3.63) is 71.4 Å². The number of hydrogen-bond donors (Lipinski definition) is 3. The molecule has 0 aliphatic carbocycles. The van der Waals surface area contributed by atoms with Crippen molar-refractivity contribution < 1.29 is 22.4 Å². The number of alkyl halides is 4. The molecule has 0 saturated heterocycles. The average molecular weight is 504 g/mol. The molecule has 4 rings (SSSR count). The van der Waals surface area contributed by atoms with Gasteiger partial charge in [-0.15, -0.1) is 0 Å². The van der Waals surface area contributed by atoms with E-state index in [1.807, 2.05) is 0 Å². The molecular weight excluding hydrogens is 478 g/mol. The molecule has 8 nitrogen and oxygen atoms in total. The van der Waals surface area contributed by atoms with Gasteiger partial charge in [-0.2, -0.15) is 13.2 Å². The summed E-state index contributed by atoms with van der Waals surface area (Å²) in [4.78, 5) is 20.7. The van der Waals surface area contributed by atoms with Crippen LogP contribution in [0.15, 0.2) is 53.9 Å². The summed E-state index contributed by atoms with van der Waals surface area (Å²) in [6, 6.07) is 6.70. The van der Waals surface area contributed by atoms with Crippen LogP contribution in [0.1, 0.15) is 28.5 Å². The molecule has 0 radical (unpaired) electrons. The van der Waals surface area contributed by atoms with Crippen molar-refractivity contribution in [2.24, 2.45) is 12.0 Å². The summed E-state index contributed by atoms with van der Waals surface area (Å²) in [5.41, 5.74) is -0.200. The second kappa shape index (κ2) is 10.1. The SMILES string of the molecule is C[C@H](NC(=O)c1cc(Cn2ccn(C)c2=N)cc(-c2cccnc2C(F)(F)F)c1)C1N=CC(F)CN1. The smallest absolute Gasteiger partial charge is 0.346 e. The minimum Gasteiger partial charge on any atom is -0.346 e. The molecule has 190 valence electrons. The standard InChI is InChI=1S/C24H25F4N7O/c1-14(21-31-11-18(25)12-32-21)33-22(36)17-9-15(13-35-7-6-34(2)23(35)29)8-16(10-17)19-4-3-5-30-20(19)24(26,27)28/h3-11,14,18,21,29,32H,12-13H2,1-2H3,(H,33,36)/t14-,18?,21?/m0/s1. The highest BCUT2D eigenvalue weighted by molar-refractivity contribution is 5.96. The Morgan fingerprint density at radius 1 is 1.31 bits per heavy atom. The van der Waals surface area contributed by atoms with E-state index in [0.29, 0.717) is 5.56 Å². The molecule has 3 heterocycles. The van der Waals surface area contributed by atoms with Crippen LogP contribution in [0, 0.1) is 5.41 Å². The summed E-state index contributed by atoms with van der Waals surface area (Å²) in [5.74, 6) is -0.522. The number of nitrogens with one attached hydrogen (secondary N) is 3. The van der Waals surface area contributed by atoms with Crippen LogP contribution >= 0.6 is 0 Å². The molecule has 2 aromatic heterocycles. The number of aromatic nitrogens is 3. The lowest BCUT2D eigenvalue weighted by Crippen LogP contribution is -2.51. The number of nitrogens with zero attached hydrogens (tertiary/aromatic N) is 4. The number of hydrogen-bond acceptors (Lipinski definition) is 5. The number of pyridine rings is 1. The molecule has 0 spiro atoms. The van der Waals surface area contributed by atoms with Crippen LogP contribution in [0.5, 0.6) is 0 Å². The normalized spacial score (nSPS) is 18.7. The van der Waals surface area contributed by atoms with E-state index in [4.69, 9.17) is 5.41 Å². The molecule has 3 N–H and O–H groups in total. The third-order valence-corrected chi connectivity index (χ3v) is 5.83. The Bertz CT molecular complexity index is 1340. The number of aliphatic imine (C=N–C) groups is 1. The molecule has 3 atom stereocenters. The number of aryl methyl sites for hydroxylation is 1. The molecule has 3 aromatic rings. The number of amides is 1. The summed E-state index contributed by atoms with van der Waals surface area (Å²) in [7, 11) is 1.70. The fourth-order valence-electron chi connectivity index (χ4n) is 3.98. The zero-order valence-corrected chi connectivity index (χ0v) is 19.6. The van der Waals surface area contributed by atoms with E-state index in [-0.39, 0.29) is 35.4 Å². The Morgan fingerprint density at radius 2 is 2.08 bits per heavy atom. The van der Waals surface area contributed by atoms with Crippen LogP contribution in [-0.2, 0) is 19.8 Å². The Labute approximate surface area is 204 Å². The quantitative estimate of drug-likeness (QED) is 0.451. The number of halogens is 4. The van der Waals surface area contributed by atoms with Gasteiger partial charge in [-0.1, -0.05) is 6.07 Å². The van der Waals surface area contributed by atoms with Crippen LogP contribution in [0.2, 0.25) is 0 Å². The number of carbonyl (C=O) groups excluding carboxylic acids is 1. The van der Waals surface area contributed by atoms with Gasteiger partial charge < -0.3 is 14.5 Å². The van der Waals surface area contributed by atoms with E-state index in [9.17, 15) is 22.4 Å². The molecule has 0 saturated carbocycles. The minimum absolute atomic E-state index is 0.0684. The van der Waals surface area contributed by atoms with Gasteiger partial charge in [0.05, 0.1) is 12.6 Å². The van der Waals surface area contributed by atoms with Crippen LogP contribution in [-0.4, -0.2) is 51.2 Å². The first-order valence-corrected chi connectivity index (χ1v) is 11.2. The fourth-order valence-corrected chi connectivity index (χ4v) is 3.98. The van der Waals surface area contributed by atoms with E-state index < -0.39 is 36.2 Å². The lowest BCUT2D eigenvalue weighted by Gasteiger charge is -2.26. The molecule has 36 heavy (non-hydrogen) atoms. The van der Waals surface area contributed by atoms with Crippen LogP contribution in [0.3, 0.4) is 0 Å². The van der Waals surface area contributed by atoms with Gasteiger partial charge in [0, 0.05) is 49.5 Å². The van der Waals surface area contributed by atoms with Crippen molar-refractivity contribution in [1.82, 2.24) is 24.8 Å². The summed E-state index contributed by atoms with van der Waals surface area (Å²) in [5, 5.41) is 13.8. The predicted octanol–water partition coefficient (Wildman–Crippen LogP) is 2.89. The molecule has 0 bridgehead atoms. The van der Waals surface area contributed by atoms with Crippen LogP contribution in [0.25, 0.3) is 11.1 Å². The van der Waals surface area contributed by atoms with Gasteiger partial charge in [0.2, 0.25) is 5.62 Å². The Hall–Kier alpha value is -3.80. The highest BCUT2D eigenvalue weighted by Crippen LogP contribution is 2.36. The van der Waals surface area contributed by atoms with Crippen LogP contribution in [0.4, 0.5) is 17.6 Å². The van der Waals surface area contributed by atoms with Gasteiger partial charge in [-0.05, 0) is 42.3 Å². The monoisotopic (exact) mass is 503 g/mol. The zero-order chi connectivity index (χ0) is 26.0. The van der Waals surface area contributed by atoms with Crippen molar-refractivity contribution in [2.75, 3.05) is 6.54 Å². The number of benzene rings is 1. The van der Waals surface area contributed by atoms with Gasteiger partial charge in [-0.3, -0.25) is 25.5 Å². The Morgan fingerprint density at radius 3 is 2.72 bits per heavy atom. The molecular formula is C24H25F4N7O. The maximum Gasteiger partial charge on any atom is 0.433 e. The van der Waals surface area contributed by atoms with E-state index >= 15 is 0 Å². The first-order chi connectivity index (χ1) is 17.0. The van der Waals surface area contributed by atoms with Crippen molar-refractivity contribution in [3.63, 3.8) is 0 Å². The largest absolute Gasteiger partial charge is 0.433 e. The molecule has 1 amide bonds. The molecule has 1 aliphatic heterocycles. The third-order valence-electron chi connectivity index (χ3n) is 5.83. The number of rotatable bonds is 6. The van der Waals surface area contributed by atoms with E-state index in [1.54, 1.807) is 47.6 Å². The molecule has 12 heteroatoms. The van der Waals surface area contributed by atoms with Gasteiger partial charge >= 0.3 is 6.18 Å². The highest BCUT2D eigenvalue weighted by atomic mass is 19.4. The average Bonchev–Trinajstić information content (AvgIpc) is 3.15. The van der Waals surface area contributed by atoms with Gasteiger partial charge in [0.25, 0.3) is 5.91 Å². The second-order valence-corrected chi connectivity index (χ2v) is 8.61. The zero-order valence-electron chi connectivity index (χ0n) is 19.6. The Kier molecular flexibility index (Phi) is 7.07. The highest BCUT2D eigenvalue weighted by Gasteiger charge is 2.35. The third kappa shape index (κ3) is 5.54. The Balaban J connectivity index is 1.72. The number of imidazole rings is 1. The van der Waals surface area contributed by atoms with E-state index in [2.05, 4.69) is 20.6 Å². The number of carbonyl (C=O) groups is 1. The first-order valence-electron chi connectivity index (χ1n) is 11.2. The maximum atomic E-state index is 13.7. The van der Waals surface area contributed by atoms with Gasteiger partial charge in [0.15, 0.2) is 5.69 Å². The molecule has 2 unspecified atom stereocenters. The summed E-state index contributed by atoms with van der Waals surface area (Å²) >= 11 is 0. The summed E-state index contributed by atoms with van der Waals surface area (Å²) in [6.45, 7) is 1.93. The predicted molar refractivity (Wildman–Crippen MR) is 125 cm³/mol. The molecule has 0 fully saturated rings. The van der Waals surface area contributed by atoms with Crippen molar-refractivity contribution in [2.45, 2.75) is 38.0 Å². The molecule has 1 aliphatic rings. The summed E-state index contributed by atoms with van der Waals surface area (Å²) < 4.78 is 57.6. The van der Waals surface area contributed by atoms with Gasteiger partial charge in [-0.25, -0.2) is 4.39 Å². The van der Waals surface area contributed by atoms with Crippen molar-refractivity contribution in [3.8, 4) is 11.1 Å². The van der Waals surface area contributed by atoms with E-state index in [0.717, 1.165) is 6.20 Å². The fraction of sp³-hybridized carbons (Fsp3) is 0.333. The van der Waals surface area contributed by atoms with Crippen LogP contribution < -0.4 is 16.3 Å². The van der Waals surface area contributed by atoms with E-state index in [1.165, 1.54) is 24.4 Å².